The van der Waals surface area contributed by atoms with E-state index in [0.29, 0.717) is 12.5 Å². The number of guanidine groups is 1. The first-order valence-electron chi connectivity index (χ1n) is 14.5. The van der Waals surface area contributed by atoms with E-state index >= 15 is 0 Å². The Bertz CT molecular complexity index is 1010. The van der Waals surface area contributed by atoms with Gasteiger partial charge >= 0.3 is 0 Å². The van der Waals surface area contributed by atoms with Gasteiger partial charge in [0.2, 0.25) is 0 Å². The van der Waals surface area contributed by atoms with E-state index in [-0.39, 0.29) is 18.9 Å². The van der Waals surface area contributed by atoms with Gasteiger partial charge in [-0.05, 0) is 62.6 Å². The highest BCUT2D eigenvalue weighted by Gasteiger charge is 2.38. The third-order valence-corrected chi connectivity index (χ3v) is 8.64. The Morgan fingerprint density at radius 3 is 2.42 bits per heavy atom. The van der Waals surface area contributed by atoms with Gasteiger partial charge < -0.3 is 30.2 Å². The van der Waals surface area contributed by atoms with E-state index in [1.165, 1.54) is 22.3 Å². The molecule has 1 atom stereocenters. The van der Waals surface area contributed by atoms with Crippen molar-refractivity contribution in [2.45, 2.75) is 57.3 Å². The molecular weight excluding hydrogens is 476 g/mol. The average Bonchev–Trinajstić information content (AvgIpc) is 3.29. The number of likely N-dealkylation sites (N-methyl/N-ethyl adjacent to an activating group) is 2. The van der Waals surface area contributed by atoms with Crippen LogP contribution >= 0.6 is 0 Å². The molecule has 1 unspecified atom stereocenters. The van der Waals surface area contributed by atoms with Gasteiger partial charge in [-0.1, -0.05) is 24.3 Å². The van der Waals surface area contributed by atoms with Crippen LogP contribution in [-0.2, 0) is 6.54 Å². The highest BCUT2D eigenvalue weighted by atomic mass is 16.3. The van der Waals surface area contributed by atoms with Crippen LogP contribution in [0.4, 0.5) is 0 Å². The molecular formula is C30H46N6O2. The molecule has 4 aliphatic rings. The van der Waals surface area contributed by atoms with Crippen LogP contribution in [0.2, 0.25) is 0 Å². The summed E-state index contributed by atoms with van der Waals surface area (Å²) < 4.78 is 0. The number of benzene rings is 1. The van der Waals surface area contributed by atoms with E-state index < -0.39 is 0 Å². The number of aliphatic imine (C=N–C) groups is 1. The van der Waals surface area contributed by atoms with Gasteiger partial charge in [-0.15, -0.1) is 0 Å². The minimum absolute atomic E-state index is 0.111. The summed E-state index contributed by atoms with van der Waals surface area (Å²) in [5, 5.41) is 22.6. The first-order valence-corrected chi connectivity index (χ1v) is 14.5. The molecule has 8 nitrogen and oxygen atoms in total. The maximum atomic E-state index is 10.0. The number of nitrogens with one attached hydrogen (secondary N) is 1. The second kappa shape index (κ2) is 12.6. The van der Waals surface area contributed by atoms with Gasteiger partial charge in [0.25, 0.3) is 0 Å². The molecule has 1 saturated heterocycles. The number of aliphatic hydroxyl groups is 2. The molecule has 0 bridgehead atoms. The fourth-order valence-electron chi connectivity index (χ4n) is 6.21. The van der Waals surface area contributed by atoms with E-state index in [0.717, 1.165) is 83.8 Å². The summed E-state index contributed by atoms with van der Waals surface area (Å²) in [7, 11) is 4.33. The lowest BCUT2D eigenvalue weighted by Gasteiger charge is -2.40. The molecule has 0 amide bonds. The van der Waals surface area contributed by atoms with Crippen LogP contribution in [0.3, 0.4) is 0 Å². The van der Waals surface area contributed by atoms with Crippen molar-refractivity contribution in [1.82, 2.24) is 24.9 Å². The van der Waals surface area contributed by atoms with Crippen LogP contribution in [0.1, 0.15) is 49.7 Å². The van der Waals surface area contributed by atoms with Gasteiger partial charge in [0.05, 0.1) is 6.10 Å². The van der Waals surface area contributed by atoms with Crippen molar-refractivity contribution in [3.63, 3.8) is 0 Å². The summed E-state index contributed by atoms with van der Waals surface area (Å²) in [6.45, 7) is 7.47. The second-order valence-corrected chi connectivity index (χ2v) is 11.6. The molecule has 0 aromatic heterocycles. The Kier molecular flexibility index (Phi) is 9.05. The van der Waals surface area contributed by atoms with Crippen LogP contribution < -0.4 is 5.32 Å². The van der Waals surface area contributed by atoms with E-state index in [4.69, 9.17) is 10.1 Å². The summed E-state index contributed by atoms with van der Waals surface area (Å²) >= 11 is 0. The Hall–Kier alpha value is -2.39. The van der Waals surface area contributed by atoms with Crippen molar-refractivity contribution >= 4 is 11.5 Å². The molecule has 1 saturated carbocycles. The Morgan fingerprint density at radius 1 is 0.974 bits per heavy atom. The van der Waals surface area contributed by atoms with Crippen LogP contribution in [-0.4, -0.2) is 108 Å². The number of hydrogen-bond acceptors (Lipinski definition) is 6. The van der Waals surface area contributed by atoms with Gasteiger partial charge in [-0.2, -0.15) is 0 Å². The molecule has 0 spiro atoms. The van der Waals surface area contributed by atoms with Crippen molar-refractivity contribution in [1.29, 1.82) is 0 Å². The van der Waals surface area contributed by atoms with Crippen LogP contribution in [0, 0.1) is 5.92 Å². The molecule has 1 aromatic carbocycles. The minimum Gasteiger partial charge on any atom is -0.396 e. The lowest BCUT2D eigenvalue weighted by molar-refractivity contribution is 0.0894. The number of unbranched alkanes of at least 4 members (excludes halogenated alkanes) is 1. The summed E-state index contributed by atoms with van der Waals surface area (Å²) in [6.07, 6.45) is 10.1. The normalized spacial score (nSPS) is 27.8. The van der Waals surface area contributed by atoms with Crippen molar-refractivity contribution < 1.29 is 10.2 Å². The maximum Gasteiger partial charge on any atom is 0.199 e. The third-order valence-electron chi connectivity index (χ3n) is 8.64. The lowest BCUT2D eigenvalue weighted by Crippen LogP contribution is -2.53. The van der Waals surface area contributed by atoms with E-state index in [1.807, 2.05) is 0 Å². The molecule has 3 N–H and O–H groups in total. The first-order chi connectivity index (χ1) is 18.5. The zero-order chi connectivity index (χ0) is 26.5. The highest BCUT2D eigenvalue weighted by Crippen LogP contribution is 2.39. The predicted molar refractivity (Wildman–Crippen MR) is 153 cm³/mol. The number of aliphatic hydroxyl groups excluding tert-OH is 2. The van der Waals surface area contributed by atoms with E-state index in [9.17, 15) is 5.11 Å². The third kappa shape index (κ3) is 6.42. The quantitative estimate of drug-likeness (QED) is 0.430. The molecule has 208 valence electrons. The SMILES string of the molecule is CN1CCN(Cc2ccc(C3=CN(CC4CCC(O)CC4)C4C3=CNC(=NCCCCO)N4C)cc2)CC1. The van der Waals surface area contributed by atoms with Crippen molar-refractivity contribution in [2.75, 3.05) is 60.0 Å². The molecule has 3 aliphatic heterocycles. The van der Waals surface area contributed by atoms with Gasteiger partial charge in [0, 0.05) is 83.0 Å². The number of rotatable bonds is 9. The smallest absolute Gasteiger partial charge is 0.199 e. The minimum atomic E-state index is -0.130. The van der Waals surface area contributed by atoms with Gasteiger partial charge in [-0.3, -0.25) is 9.89 Å². The summed E-state index contributed by atoms with van der Waals surface area (Å²) in [5.41, 5.74) is 5.18. The van der Waals surface area contributed by atoms with Crippen molar-refractivity contribution in [3.8, 4) is 0 Å². The first kappa shape index (κ1) is 27.2. The zero-order valence-electron chi connectivity index (χ0n) is 23.2. The fraction of sp³-hybridized carbons (Fsp3) is 0.633. The molecule has 2 fully saturated rings. The molecule has 5 rings (SSSR count). The molecule has 1 aliphatic carbocycles. The Morgan fingerprint density at radius 2 is 1.71 bits per heavy atom. The summed E-state index contributed by atoms with van der Waals surface area (Å²) in [6, 6.07) is 9.16. The number of fused-ring (bicyclic) bond motifs is 1. The highest BCUT2D eigenvalue weighted by molar-refractivity contribution is 5.90. The number of piperazine rings is 1. The van der Waals surface area contributed by atoms with Crippen LogP contribution in [0.15, 0.2) is 47.2 Å². The summed E-state index contributed by atoms with van der Waals surface area (Å²) in [5.74, 6) is 1.48. The largest absolute Gasteiger partial charge is 0.396 e. The van der Waals surface area contributed by atoms with Gasteiger partial charge in [-0.25, -0.2) is 0 Å². The molecule has 3 heterocycles. The number of hydrogen-bond donors (Lipinski definition) is 3. The van der Waals surface area contributed by atoms with Gasteiger partial charge in [0.1, 0.15) is 6.17 Å². The van der Waals surface area contributed by atoms with Crippen LogP contribution in [0.25, 0.3) is 5.57 Å². The van der Waals surface area contributed by atoms with Crippen LogP contribution in [0.5, 0.6) is 0 Å². The topological polar surface area (TPSA) is 77.8 Å². The molecule has 38 heavy (non-hydrogen) atoms. The van der Waals surface area contributed by atoms with E-state index in [1.54, 1.807) is 0 Å². The molecule has 8 heteroatoms. The lowest BCUT2D eigenvalue weighted by atomic mass is 9.87. The Balaban J connectivity index is 1.33. The standard InChI is InChI=1S/C30H46N6O2/c1-33-14-16-35(17-15-33)20-23-5-9-25(10-6-23)28-22-36(21-24-7-11-26(38)12-8-24)29-27(28)19-32-30(34(29)2)31-13-3-4-18-37/h5-6,9-10,19,22,24,26,29,37-38H,3-4,7-8,11-18,20-21H2,1-2H3,(H,31,32). The monoisotopic (exact) mass is 522 g/mol. The Labute approximate surface area is 228 Å². The van der Waals surface area contributed by atoms with Crippen molar-refractivity contribution in [2.24, 2.45) is 10.9 Å². The van der Waals surface area contributed by atoms with Gasteiger partial charge in [0.15, 0.2) is 5.96 Å². The number of nitrogens with zero attached hydrogens (tertiary/aromatic N) is 5. The maximum absolute atomic E-state index is 10.0. The second-order valence-electron chi connectivity index (χ2n) is 11.6. The molecule has 0 radical (unpaired) electrons. The zero-order valence-corrected chi connectivity index (χ0v) is 23.2. The molecule has 1 aromatic rings. The predicted octanol–water partition coefficient (Wildman–Crippen LogP) is 2.52. The average molecular weight is 523 g/mol. The van der Waals surface area contributed by atoms with E-state index in [2.05, 4.69) is 75.7 Å². The van der Waals surface area contributed by atoms with Crippen molar-refractivity contribution in [3.05, 3.63) is 53.4 Å². The fourth-order valence-corrected chi connectivity index (χ4v) is 6.21. The summed E-state index contributed by atoms with van der Waals surface area (Å²) in [4.78, 5) is 14.5.